The first kappa shape index (κ1) is 10.1. The van der Waals surface area contributed by atoms with Crippen molar-refractivity contribution in [1.82, 2.24) is 0 Å². The molecule has 0 saturated heterocycles. The van der Waals surface area contributed by atoms with Gasteiger partial charge in [-0.05, 0) is 17.9 Å². The Morgan fingerprint density at radius 2 is 2.15 bits per heavy atom. The van der Waals surface area contributed by atoms with Crippen LogP contribution in [0.5, 0.6) is 0 Å². The number of carbonyl (C=O) groups excluding carboxylic acids is 1. The van der Waals surface area contributed by atoms with Gasteiger partial charge in [0, 0.05) is 18.4 Å². The maximum Gasteiger partial charge on any atom is 0.221 e. The summed E-state index contributed by atoms with van der Waals surface area (Å²) in [6.45, 7) is 1.52. The average molecular weight is 195 g/mol. The Labute approximate surface area is 82.7 Å². The minimum atomic E-state index is -0.0199. The molecule has 70 valence electrons. The Morgan fingerprint density at radius 3 is 2.77 bits per heavy atom. The molecule has 1 aromatic carbocycles. The monoisotopic (exact) mass is 195 g/mol. The van der Waals surface area contributed by atoms with E-state index in [0.29, 0.717) is 0 Å². The van der Waals surface area contributed by atoms with E-state index in [4.69, 9.17) is 0 Å². The fraction of sp³-hybridized carbons (Fsp3) is 0.300. The first-order chi connectivity index (χ1) is 6.24. The van der Waals surface area contributed by atoms with Gasteiger partial charge in [-0.25, -0.2) is 0 Å². The predicted molar refractivity (Wildman–Crippen MR) is 58.0 cm³/mol. The van der Waals surface area contributed by atoms with Crippen molar-refractivity contribution >= 4 is 23.4 Å². The molecule has 13 heavy (non-hydrogen) atoms. The van der Waals surface area contributed by atoms with E-state index in [1.807, 2.05) is 30.5 Å². The van der Waals surface area contributed by atoms with Crippen molar-refractivity contribution in [3.63, 3.8) is 0 Å². The summed E-state index contributed by atoms with van der Waals surface area (Å²) in [5.41, 5.74) is 2.09. The molecular formula is C10H13NOS. The van der Waals surface area contributed by atoms with Gasteiger partial charge in [-0.1, -0.05) is 18.2 Å². The number of thioether (sulfide) groups is 1. The normalized spacial score (nSPS) is 9.69. The molecule has 0 aliphatic rings. The lowest BCUT2D eigenvalue weighted by molar-refractivity contribution is -0.114. The minimum Gasteiger partial charge on any atom is -0.326 e. The summed E-state index contributed by atoms with van der Waals surface area (Å²) in [6.07, 6.45) is 2.05. The number of carbonyl (C=O) groups is 1. The maximum absolute atomic E-state index is 10.9. The molecule has 0 aliphatic heterocycles. The van der Waals surface area contributed by atoms with Gasteiger partial charge in [-0.3, -0.25) is 4.79 Å². The van der Waals surface area contributed by atoms with E-state index in [-0.39, 0.29) is 5.91 Å². The molecule has 0 heterocycles. The zero-order valence-corrected chi connectivity index (χ0v) is 8.65. The second-order valence-corrected chi connectivity index (χ2v) is 3.64. The number of hydrogen-bond acceptors (Lipinski definition) is 2. The van der Waals surface area contributed by atoms with Crippen LogP contribution < -0.4 is 5.32 Å². The van der Waals surface area contributed by atoms with E-state index in [1.165, 1.54) is 12.5 Å². The number of rotatable bonds is 3. The first-order valence-corrected chi connectivity index (χ1v) is 5.48. The number of nitrogens with one attached hydrogen (secondary N) is 1. The molecule has 2 nitrogen and oxygen atoms in total. The molecule has 1 rings (SSSR count). The third kappa shape index (κ3) is 3.11. The van der Waals surface area contributed by atoms with E-state index in [2.05, 4.69) is 5.32 Å². The summed E-state index contributed by atoms with van der Waals surface area (Å²) in [4.78, 5) is 10.9. The van der Waals surface area contributed by atoms with Crippen LogP contribution in [0.2, 0.25) is 0 Å². The molecule has 0 aliphatic carbocycles. The first-order valence-electron chi connectivity index (χ1n) is 4.08. The number of hydrogen-bond donors (Lipinski definition) is 1. The second kappa shape index (κ2) is 4.92. The quantitative estimate of drug-likeness (QED) is 0.803. The molecule has 0 fully saturated rings. The molecule has 0 saturated carbocycles. The van der Waals surface area contributed by atoms with Gasteiger partial charge in [0.05, 0.1) is 0 Å². The fourth-order valence-corrected chi connectivity index (χ4v) is 1.68. The predicted octanol–water partition coefficient (Wildman–Crippen LogP) is 2.51. The summed E-state index contributed by atoms with van der Waals surface area (Å²) in [6, 6.07) is 7.86. The standard InChI is InChI=1S/C10H13NOS/c1-8(12)11-10-6-4-3-5-9(10)7-13-2/h3-6H,7H2,1-2H3,(H,11,12). The van der Waals surface area contributed by atoms with Crippen LogP contribution in [0, 0.1) is 0 Å². The molecule has 0 unspecified atom stereocenters. The molecule has 1 aromatic rings. The van der Waals surface area contributed by atoms with Crippen LogP contribution in [0.3, 0.4) is 0 Å². The summed E-state index contributed by atoms with van der Waals surface area (Å²) < 4.78 is 0. The zero-order chi connectivity index (χ0) is 9.68. The third-order valence-corrected chi connectivity index (χ3v) is 2.23. The Balaban J connectivity index is 2.84. The SMILES string of the molecule is CSCc1ccccc1NC(C)=O. The highest BCUT2D eigenvalue weighted by atomic mass is 32.2. The Morgan fingerprint density at radius 1 is 1.46 bits per heavy atom. The fourth-order valence-electron chi connectivity index (χ4n) is 1.11. The molecule has 1 N–H and O–H groups in total. The number of para-hydroxylation sites is 1. The third-order valence-electron chi connectivity index (χ3n) is 1.63. The number of benzene rings is 1. The molecular weight excluding hydrogens is 182 g/mol. The highest BCUT2D eigenvalue weighted by molar-refractivity contribution is 7.97. The van der Waals surface area contributed by atoms with Gasteiger partial charge in [-0.2, -0.15) is 11.8 Å². The molecule has 0 radical (unpaired) electrons. The van der Waals surface area contributed by atoms with Crippen molar-refractivity contribution in [3.05, 3.63) is 29.8 Å². The van der Waals surface area contributed by atoms with Crippen LogP contribution in [0.4, 0.5) is 5.69 Å². The molecule has 3 heteroatoms. The van der Waals surface area contributed by atoms with E-state index >= 15 is 0 Å². The van der Waals surface area contributed by atoms with Gasteiger partial charge in [0.2, 0.25) is 5.91 Å². The second-order valence-electron chi connectivity index (χ2n) is 2.77. The van der Waals surface area contributed by atoms with Crippen molar-refractivity contribution in [1.29, 1.82) is 0 Å². The van der Waals surface area contributed by atoms with Gasteiger partial charge in [0.15, 0.2) is 0 Å². The summed E-state index contributed by atoms with van der Waals surface area (Å²) in [5.74, 6) is 0.907. The molecule has 1 amide bonds. The van der Waals surface area contributed by atoms with Crippen LogP contribution in [-0.4, -0.2) is 12.2 Å². The summed E-state index contributed by atoms with van der Waals surface area (Å²) in [7, 11) is 0. The Hall–Kier alpha value is -0.960. The van der Waals surface area contributed by atoms with Crippen molar-refractivity contribution in [3.8, 4) is 0 Å². The topological polar surface area (TPSA) is 29.1 Å². The highest BCUT2D eigenvalue weighted by Gasteiger charge is 2.01. The van der Waals surface area contributed by atoms with Gasteiger partial charge < -0.3 is 5.32 Å². The van der Waals surface area contributed by atoms with Crippen molar-refractivity contribution in [2.45, 2.75) is 12.7 Å². The smallest absolute Gasteiger partial charge is 0.221 e. The van der Waals surface area contributed by atoms with Gasteiger partial charge >= 0.3 is 0 Å². The number of amides is 1. The van der Waals surface area contributed by atoms with E-state index in [1.54, 1.807) is 11.8 Å². The van der Waals surface area contributed by atoms with Gasteiger partial charge in [0.1, 0.15) is 0 Å². The van der Waals surface area contributed by atoms with E-state index in [9.17, 15) is 4.79 Å². The summed E-state index contributed by atoms with van der Waals surface area (Å²) in [5, 5.41) is 2.81. The van der Waals surface area contributed by atoms with Crippen LogP contribution in [0.1, 0.15) is 12.5 Å². The minimum absolute atomic E-state index is 0.0199. The highest BCUT2D eigenvalue weighted by Crippen LogP contribution is 2.19. The Bertz CT molecular complexity index is 299. The lowest BCUT2D eigenvalue weighted by Gasteiger charge is -2.07. The number of anilines is 1. The summed E-state index contributed by atoms with van der Waals surface area (Å²) >= 11 is 1.74. The maximum atomic E-state index is 10.9. The van der Waals surface area contributed by atoms with Crippen LogP contribution in [0.15, 0.2) is 24.3 Å². The molecule has 0 bridgehead atoms. The van der Waals surface area contributed by atoms with E-state index in [0.717, 1.165) is 11.4 Å². The molecule has 0 spiro atoms. The zero-order valence-electron chi connectivity index (χ0n) is 7.83. The van der Waals surface area contributed by atoms with E-state index < -0.39 is 0 Å². The van der Waals surface area contributed by atoms with Gasteiger partial charge in [0.25, 0.3) is 0 Å². The largest absolute Gasteiger partial charge is 0.326 e. The lowest BCUT2D eigenvalue weighted by Crippen LogP contribution is -2.07. The molecule has 0 aromatic heterocycles. The van der Waals surface area contributed by atoms with Crippen LogP contribution in [0.25, 0.3) is 0 Å². The van der Waals surface area contributed by atoms with Crippen LogP contribution in [-0.2, 0) is 10.5 Å². The lowest BCUT2D eigenvalue weighted by atomic mass is 10.2. The van der Waals surface area contributed by atoms with Crippen molar-refractivity contribution in [2.24, 2.45) is 0 Å². The van der Waals surface area contributed by atoms with Crippen LogP contribution >= 0.6 is 11.8 Å². The average Bonchev–Trinajstić information content (AvgIpc) is 2.08. The van der Waals surface area contributed by atoms with Crippen molar-refractivity contribution < 1.29 is 4.79 Å². The Kier molecular flexibility index (Phi) is 3.83. The molecule has 0 atom stereocenters. The van der Waals surface area contributed by atoms with Crippen molar-refractivity contribution in [2.75, 3.05) is 11.6 Å². The van der Waals surface area contributed by atoms with Gasteiger partial charge in [-0.15, -0.1) is 0 Å².